The van der Waals surface area contributed by atoms with Crippen molar-refractivity contribution in [3.05, 3.63) is 70.5 Å². The molecule has 2 aromatic heterocycles. The Bertz CT molecular complexity index is 773. The van der Waals surface area contributed by atoms with E-state index >= 15 is 0 Å². The minimum Gasteiger partial charge on any atom is -0.348 e. The Balaban J connectivity index is 1.81. The Morgan fingerprint density at radius 3 is 2.60 bits per heavy atom. The minimum absolute atomic E-state index is 0.143. The lowest BCUT2D eigenvalue weighted by atomic mass is 10.2. The summed E-state index contributed by atoms with van der Waals surface area (Å²) in [6, 6.07) is 17.5. The lowest BCUT2D eigenvalue weighted by Gasteiger charge is -1.95. The fourth-order valence-electron chi connectivity index (χ4n) is 1.85. The van der Waals surface area contributed by atoms with Crippen molar-refractivity contribution in [2.75, 3.05) is 0 Å². The Hall–Kier alpha value is -2.57. The summed E-state index contributed by atoms with van der Waals surface area (Å²) < 4.78 is 0. The maximum absolute atomic E-state index is 11.8. The van der Waals surface area contributed by atoms with Gasteiger partial charge in [-0.25, -0.2) is 0 Å². The van der Waals surface area contributed by atoms with Crippen molar-refractivity contribution in [1.82, 2.24) is 4.98 Å². The van der Waals surface area contributed by atoms with Gasteiger partial charge in [0.05, 0.1) is 10.6 Å². The summed E-state index contributed by atoms with van der Waals surface area (Å²) in [5, 5.41) is 1.87. The van der Waals surface area contributed by atoms with Gasteiger partial charge >= 0.3 is 0 Å². The van der Waals surface area contributed by atoms with Crippen LogP contribution < -0.4 is 0 Å². The smallest absolute Gasteiger partial charge is 0.246 e. The molecule has 2 heterocycles. The second kappa shape index (κ2) is 5.60. The normalized spacial score (nSPS) is 9.80. The first-order valence-corrected chi connectivity index (χ1v) is 7.05. The van der Waals surface area contributed by atoms with E-state index in [9.17, 15) is 4.79 Å². The maximum Gasteiger partial charge on any atom is 0.246 e. The van der Waals surface area contributed by atoms with E-state index in [0.29, 0.717) is 4.88 Å². The number of aromatic amines is 1. The first-order valence-electron chi connectivity index (χ1n) is 6.17. The van der Waals surface area contributed by atoms with Gasteiger partial charge in [-0.3, -0.25) is 4.79 Å². The summed E-state index contributed by atoms with van der Waals surface area (Å²) in [6.45, 7) is 0. The van der Waals surface area contributed by atoms with E-state index in [1.54, 1.807) is 6.07 Å². The average molecular weight is 277 g/mol. The van der Waals surface area contributed by atoms with Crippen LogP contribution in [-0.2, 0) is 0 Å². The summed E-state index contributed by atoms with van der Waals surface area (Å²) >= 11 is 1.41. The molecule has 0 aliphatic heterocycles. The monoisotopic (exact) mass is 277 g/mol. The standard InChI is InChI=1S/C17H11NOS/c19-16(17-7-4-12-20-17)11-9-14-8-10-15(18-14)13-5-2-1-3-6-13/h1-8,10,12,18H. The Morgan fingerprint density at radius 1 is 1.00 bits per heavy atom. The van der Waals surface area contributed by atoms with Gasteiger partial charge in [0, 0.05) is 5.69 Å². The van der Waals surface area contributed by atoms with Gasteiger partial charge in [-0.2, -0.15) is 0 Å². The molecule has 0 fully saturated rings. The van der Waals surface area contributed by atoms with Crippen molar-refractivity contribution < 1.29 is 4.79 Å². The zero-order valence-electron chi connectivity index (χ0n) is 10.6. The highest BCUT2D eigenvalue weighted by molar-refractivity contribution is 7.12. The van der Waals surface area contributed by atoms with Crippen LogP contribution >= 0.6 is 11.3 Å². The van der Waals surface area contributed by atoms with Crippen molar-refractivity contribution in [1.29, 1.82) is 0 Å². The van der Waals surface area contributed by atoms with E-state index in [4.69, 9.17) is 0 Å². The van der Waals surface area contributed by atoms with Crippen molar-refractivity contribution in [3.8, 4) is 23.1 Å². The van der Waals surface area contributed by atoms with Gasteiger partial charge in [0.2, 0.25) is 5.78 Å². The van der Waals surface area contributed by atoms with E-state index in [-0.39, 0.29) is 5.78 Å². The predicted octanol–water partition coefficient (Wildman–Crippen LogP) is 3.98. The second-order valence-corrected chi connectivity index (χ2v) is 5.16. The summed E-state index contributed by atoms with van der Waals surface area (Å²) in [5.74, 6) is 5.39. The van der Waals surface area contributed by atoms with Crippen LogP contribution in [0.2, 0.25) is 0 Å². The molecule has 0 bridgehead atoms. The van der Waals surface area contributed by atoms with E-state index in [1.165, 1.54) is 11.3 Å². The molecule has 0 saturated carbocycles. The molecule has 3 aromatic rings. The average Bonchev–Trinajstić information content (AvgIpc) is 3.17. The van der Waals surface area contributed by atoms with Gasteiger partial charge in [-0.05, 0) is 41.0 Å². The third kappa shape index (κ3) is 2.71. The first kappa shape index (κ1) is 12.5. The van der Waals surface area contributed by atoms with E-state index in [2.05, 4.69) is 16.8 Å². The summed E-state index contributed by atoms with van der Waals surface area (Å²) in [4.78, 5) is 15.7. The number of Topliss-reactive ketones (excluding diaryl/α,β-unsaturated/α-hetero) is 1. The van der Waals surface area contributed by atoms with Crippen LogP contribution in [0.5, 0.6) is 0 Å². The van der Waals surface area contributed by atoms with Crippen LogP contribution in [0, 0.1) is 11.8 Å². The van der Waals surface area contributed by atoms with Crippen LogP contribution in [0.4, 0.5) is 0 Å². The van der Waals surface area contributed by atoms with Crippen LogP contribution in [-0.4, -0.2) is 10.8 Å². The molecule has 0 unspecified atom stereocenters. The SMILES string of the molecule is O=C(C#Cc1ccc(-c2ccccc2)[nH]1)c1cccs1. The summed E-state index contributed by atoms with van der Waals surface area (Å²) in [6.07, 6.45) is 0. The van der Waals surface area contributed by atoms with E-state index in [1.807, 2.05) is 53.9 Å². The molecule has 0 aliphatic rings. The van der Waals surface area contributed by atoms with Gasteiger partial charge in [-0.1, -0.05) is 36.4 Å². The van der Waals surface area contributed by atoms with Gasteiger partial charge in [0.25, 0.3) is 0 Å². The van der Waals surface area contributed by atoms with Gasteiger partial charge in [0.15, 0.2) is 0 Å². The molecule has 1 aromatic carbocycles. The van der Waals surface area contributed by atoms with Crippen LogP contribution in [0.1, 0.15) is 15.4 Å². The number of carbonyl (C=O) groups is 1. The number of benzene rings is 1. The number of carbonyl (C=O) groups excluding carboxylic acids is 1. The third-order valence-electron chi connectivity index (χ3n) is 2.83. The molecular weight excluding hydrogens is 266 g/mol. The van der Waals surface area contributed by atoms with Crippen molar-refractivity contribution in [2.45, 2.75) is 0 Å². The minimum atomic E-state index is -0.143. The Morgan fingerprint density at radius 2 is 1.85 bits per heavy atom. The highest BCUT2D eigenvalue weighted by atomic mass is 32.1. The molecule has 3 heteroatoms. The molecule has 1 N–H and O–H groups in total. The molecule has 0 aliphatic carbocycles. The molecule has 3 rings (SSSR count). The molecule has 0 saturated heterocycles. The molecule has 0 atom stereocenters. The first-order chi connectivity index (χ1) is 9.83. The molecule has 0 spiro atoms. The lowest BCUT2D eigenvalue weighted by molar-refractivity contribution is 0.106. The van der Waals surface area contributed by atoms with Crippen molar-refractivity contribution in [3.63, 3.8) is 0 Å². The fourth-order valence-corrected chi connectivity index (χ4v) is 2.47. The number of hydrogen-bond donors (Lipinski definition) is 1. The number of ketones is 1. The lowest BCUT2D eigenvalue weighted by Crippen LogP contribution is -1.89. The van der Waals surface area contributed by atoms with Gasteiger partial charge in [-0.15, -0.1) is 11.3 Å². The predicted molar refractivity (Wildman–Crippen MR) is 81.8 cm³/mol. The van der Waals surface area contributed by atoms with Crippen molar-refractivity contribution >= 4 is 17.1 Å². The van der Waals surface area contributed by atoms with Crippen LogP contribution in [0.25, 0.3) is 11.3 Å². The number of thiophene rings is 1. The maximum atomic E-state index is 11.8. The molecule has 96 valence electrons. The highest BCUT2D eigenvalue weighted by Crippen LogP contribution is 2.17. The van der Waals surface area contributed by atoms with Crippen LogP contribution in [0.3, 0.4) is 0 Å². The molecular formula is C17H11NOS. The number of aromatic nitrogens is 1. The summed E-state index contributed by atoms with van der Waals surface area (Å²) in [7, 11) is 0. The molecule has 2 nitrogen and oxygen atoms in total. The Labute approximate surface area is 121 Å². The number of hydrogen-bond acceptors (Lipinski definition) is 2. The zero-order chi connectivity index (χ0) is 13.8. The van der Waals surface area contributed by atoms with Crippen LogP contribution in [0.15, 0.2) is 60.0 Å². The molecule has 20 heavy (non-hydrogen) atoms. The van der Waals surface area contributed by atoms with E-state index < -0.39 is 0 Å². The quantitative estimate of drug-likeness (QED) is 0.558. The van der Waals surface area contributed by atoms with Gasteiger partial charge in [0.1, 0.15) is 0 Å². The van der Waals surface area contributed by atoms with E-state index in [0.717, 1.165) is 17.0 Å². The Kier molecular flexibility index (Phi) is 3.49. The number of nitrogens with one attached hydrogen (secondary N) is 1. The highest BCUT2D eigenvalue weighted by Gasteiger charge is 2.02. The zero-order valence-corrected chi connectivity index (χ0v) is 11.4. The fraction of sp³-hybridized carbons (Fsp3) is 0. The molecule has 0 amide bonds. The number of H-pyrrole nitrogens is 1. The summed E-state index contributed by atoms with van der Waals surface area (Å²) in [5.41, 5.74) is 2.84. The van der Waals surface area contributed by atoms with Crippen molar-refractivity contribution in [2.24, 2.45) is 0 Å². The number of rotatable bonds is 2. The third-order valence-corrected chi connectivity index (χ3v) is 3.70. The van der Waals surface area contributed by atoms with Gasteiger partial charge < -0.3 is 4.98 Å². The second-order valence-electron chi connectivity index (χ2n) is 4.21. The topological polar surface area (TPSA) is 32.9 Å². The molecule has 0 radical (unpaired) electrons. The largest absolute Gasteiger partial charge is 0.348 e.